The third kappa shape index (κ3) is 6.78. The molecule has 2 aromatic carbocycles. The summed E-state index contributed by atoms with van der Waals surface area (Å²) in [7, 11) is -3.17. The molecule has 9 heteroatoms. The van der Waals surface area contributed by atoms with E-state index in [1.54, 1.807) is 56.4 Å². The predicted molar refractivity (Wildman–Crippen MR) is 125 cm³/mol. The zero-order chi connectivity index (χ0) is 23.0. The maximum atomic E-state index is 12.7. The van der Waals surface area contributed by atoms with E-state index in [1.165, 1.54) is 0 Å². The lowest BCUT2D eigenvalue weighted by Crippen LogP contribution is -2.12. The van der Waals surface area contributed by atoms with Crippen LogP contribution in [0.25, 0.3) is 11.3 Å². The second-order valence-corrected chi connectivity index (χ2v) is 9.53. The molecule has 0 aliphatic heterocycles. The average Bonchev–Trinajstić information content (AvgIpc) is 3.23. The number of carbonyl (C=O) groups is 1. The van der Waals surface area contributed by atoms with Crippen molar-refractivity contribution in [1.82, 2.24) is 5.16 Å². The second kappa shape index (κ2) is 11.4. The van der Waals surface area contributed by atoms with Gasteiger partial charge in [0.05, 0.1) is 25.6 Å². The van der Waals surface area contributed by atoms with Crippen LogP contribution in [0.1, 0.15) is 31.4 Å². The van der Waals surface area contributed by atoms with Crippen LogP contribution in [0, 0.1) is 0 Å². The predicted octanol–water partition coefficient (Wildman–Crippen LogP) is 6.33. The van der Waals surface area contributed by atoms with Crippen molar-refractivity contribution in [2.45, 2.75) is 32.9 Å². The quantitative estimate of drug-likeness (QED) is 0.325. The molecule has 1 heterocycles. The highest BCUT2D eigenvalue weighted by Crippen LogP contribution is 2.51. The summed E-state index contributed by atoms with van der Waals surface area (Å²) in [6.07, 6.45) is 2.57. The molecule has 1 aromatic heterocycles. The molecule has 1 N–H and O–H groups in total. The van der Waals surface area contributed by atoms with Crippen LogP contribution in [0.15, 0.2) is 59.3 Å². The maximum Gasteiger partial charge on any atom is 0.335 e. The number of anilines is 1. The van der Waals surface area contributed by atoms with Crippen LogP contribution in [0.2, 0.25) is 5.02 Å². The van der Waals surface area contributed by atoms with Crippen molar-refractivity contribution in [3.63, 3.8) is 0 Å². The Balaban J connectivity index is 1.55. The Morgan fingerprint density at radius 1 is 1.06 bits per heavy atom. The van der Waals surface area contributed by atoms with Gasteiger partial charge in [0.15, 0.2) is 5.76 Å². The summed E-state index contributed by atoms with van der Waals surface area (Å²) >= 11 is 5.94. The van der Waals surface area contributed by atoms with Gasteiger partial charge in [-0.2, -0.15) is 0 Å². The van der Waals surface area contributed by atoms with E-state index >= 15 is 0 Å². The average molecular weight is 477 g/mol. The van der Waals surface area contributed by atoms with Gasteiger partial charge >= 0.3 is 7.60 Å². The highest BCUT2D eigenvalue weighted by molar-refractivity contribution is 7.53. The van der Waals surface area contributed by atoms with Crippen molar-refractivity contribution in [3.8, 4) is 11.3 Å². The lowest BCUT2D eigenvalue weighted by atomic mass is 10.1. The molecule has 1 amide bonds. The molecule has 0 atom stereocenters. The number of hydrogen-bond acceptors (Lipinski definition) is 6. The van der Waals surface area contributed by atoms with Crippen molar-refractivity contribution in [2.75, 3.05) is 18.5 Å². The summed E-state index contributed by atoms with van der Waals surface area (Å²) < 4.78 is 28.7. The Bertz CT molecular complexity index is 1060. The number of hydrogen-bond donors (Lipinski definition) is 1. The van der Waals surface area contributed by atoms with Crippen LogP contribution in [-0.4, -0.2) is 24.3 Å². The van der Waals surface area contributed by atoms with Crippen LogP contribution in [0.3, 0.4) is 0 Å². The molecule has 0 bridgehead atoms. The van der Waals surface area contributed by atoms with Crippen LogP contribution in [-0.2, 0) is 31.0 Å². The fourth-order valence-electron chi connectivity index (χ4n) is 3.19. The zero-order valence-electron chi connectivity index (χ0n) is 18.0. The minimum Gasteiger partial charge on any atom is -0.356 e. The fourth-order valence-corrected chi connectivity index (χ4v) is 5.02. The number of rotatable bonds is 11. The van der Waals surface area contributed by atoms with E-state index in [9.17, 15) is 9.36 Å². The molecule has 32 heavy (non-hydrogen) atoms. The summed E-state index contributed by atoms with van der Waals surface area (Å²) in [6, 6.07) is 14.4. The van der Waals surface area contributed by atoms with E-state index in [-0.39, 0.29) is 18.5 Å². The van der Waals surface area contributed by atoms with Crippen LogP contribution < -0.4 is 5.32 Å². The lowest BCUT2D eigenvalue weighted by molar-refractivity contribution is -0.116. The molecule has 0 unspecified atom stereocenters. The monoisotopic (exact) mass is 476 g/mol. The highest BCUT2D eigenvalue weighted by Gasteiger charge is 2.24. The van der Waals surface area contributed by atoms with Crippen molar-refractivity contribution in [2.24, 2.45) is 0 Å². The third-order valence-corrected chi connectivity index (χ3v) is 6.95. The van der Waals surface area contributed by atoms with Crippen LogP contribution in [0.5, 0.6) is 0 Å². The molecule has 0 aliphatic rings. The van der Waals surface area contributed by atoms with Crippen molar-refractivity contribution < 1.29 is 22.9 Å². The number of nitrogens with one attached hydrogen (secondary N) is 1. The minimum atomic E-state index is -3.17. The highest BCUT2D eigenvalue weighted by atomic mass is 35.5. The van der Waals surface area contributed by atoms with Gasteiger partial charge in [-0.25, -0.2) is 0 Å². The van der Waals surface area contributed by atoms with Crippen molar-refractivity contribution in [1.29, 1.82) is 0 Å². The van der Waals surface area contributed by atoms with Gasteiger partial charge in [0.1, 0.15) is 0 Å². The molecule has 0 fully saturated rings. The van der Waals surface area contributed by atoms with Gasteiger partial charge < -0.3 is 18.9 Å². The Hall–Kier alpha value is -2.44. The largest absolute Gasteiger partial charge is 0.356 e. The van der Waals surface area contributed by atoms with E-state index in [0.29, 0.717) is 36.1 Å². The Labute approximate surface area is 192 Å². The van der Waals surface area contributed by atoms with Gasteiger partial charge in [0.2, 0.25) is 5.91 Å². The van der Waals surface area contributed by atoms with Crippen molar-refractivity contribution in [3.05, 3.63) is 70.9 Å². The fraction of sp³-hybridized carbons (Fsp3) is 0.304. The van der Waals surface area contributed by atoms with E-state index in [2.05, 4.69) is 10.5 Å². The molecular weight excluding hydrogens is 451 g/mol. The molecule has 0 radical (unpaired) electrons. The standard InChI is InChI=1S/C23H26ClN2O5P/c1-3-29-32(28,30-4-2)16-17-5-12-21(13-6-17)26-22(27)14-9-19-15-25-31-23(19)18-7-10-20(24)11-8-18/h5-8,10-13,15H,3-4,9,14,16H2,1-2H3,(H,26,27). The van der Waals surface area contributed by atoms with Gasteiger partial charge in [-0.15, -0.1) is 0 Å². The van der Waals surface area contributed by atoms with Gasteiger partial charge in [-0.1, -0.05) is 28.9 Å². The number of nitrogens with zero attached hydrogens (tertiary/aromatic N) is 1. The first kappa shape index (κ1) is 24.2. The number of halogens is 1. The topological polar surface area (TPSA) is 90.7 Å². The number of aromatic nitrogens is 1. The van der Waals surface area contributed by atoms with Crippen molar-refractivity contribution >= 4 is 30.8 Å². The molecule has 0 aliphatic carbocycles. The van der Waals surface area contributed by atoms with Crippen LogP contribution in [0.4, 0.5) is 5.69 Å². The Kier molecular flexibility index (Phi) is 8.65. The smallest absolute Gasteiger partial charge is 0.335 e. The van der Waals surface area contributed by atoms with Gasteiger partial charge in [-0.05, 0) is 62.2 Å². The summed E-state index contributed by atoms with van der Waals surface area (Å²) in [6.45, 7) is 4.19. The van der Waals surface area contributed by atoms with E-state index in [4.69, 9.17) is 25.2 Å². The SMILES string of the molecule is CCOP(=O)(Cc1ccc(NC(=O)CCc2cnoc2-c2ccc(Cl)cc2)cc1)OCC. The van der Waals surface area contributed by atoms with Gasteiger partial charge in [0, 0.05) is 28.3 Å². The summed E-state index contributed by atoms with van der Waals surface area (Å²) in [5.74, 6) is 0.502. The first-order chi connectivity index (χ1) is 15.4. The van der Waals surface area contributed by atoms with Gasteiger partial charge in [-0.3, -0.25) is 9.36 Å². The Morgan fingerprint density at radius 3 is 2.34 bits per heavy atom. The third-order valence-electron chi connectivity index (χ3n) is 4.64. The molecule has 0 spiro atoms. The first-order valence-corrected chi connectivity index (χ1v) is 12.5. The summed E-state index contributed by atoms with van der Waals surface area (Å²) in [4.78, 5) is 12.4. The Morgan fingerprint density at radius 2 is 1.72 bits per heavy atom. The minimum absolute atomic E-state index is 0.129. The summed E-state index contributed by atoms with van der Waals surface area (Å²) in [5.41, 5.74) is 3.17. The first-order valence-electron chi connectivity index (χ1n) is 10.4. The second-order valence-electron chi connectivity index (χ2n) is 7.04. The molecule has 0 saturated heterocycles. The zero-order valence-corrected chi connectivity index (χ0v) is 19.7. The number of amides is 1. The molecular formula is C23H26ClN2O5P. The molecule has 3 aromatic rings. The molecule has 170 valence electrons. The van der Waals surface area contributed by atoms with Crippen LogP contribution >= 0.6 is 19.2 Å². The number of aryl methyl sites for hydroxylation is 1. The maximum absolute atomic E-state index is 12.7. The van der Waals surface area contributed by atoms with E-state index < -0.39 is 7.60 Å². The van der Waals surface area contributed by atoms with Gasteiger partial charge in [0.25, 0.3) is 0 Å². The molecule has 7 nitrogen and oxygen atoms in total. The summed E-state index contributed by atoms with van der Waals surface area (Å²) in [5, 5.41) is 7.38. The number of carbonyl (C=O) groups excluding carboxylic acids is 1. The molecule has 3 rings (SSSR count). The number of benzene rings is 2. The molecule has 0 saturated carbocycles. The van der Waals surface area contributed by atoms with E-state index in [0.717, 1.165) is 16.7 Å². The lowest BCUT2D eigenvalue weighted by Gasteiger charge is -2.17. The van der Waals surface area contributed by atoms with E-state index in [1.807, 2.05) is 12.1 Å². The normalized spacial score (nSPS) is 11.5.